The molecule has 19 heavy (non-hydrogen) atoms. The molecule has 0 fully saturated rings. The Morgan fingerprint density at radius 1 is 1.00 bits per heavy atom. The monoisotopic (exact) mass is 252 g/mol. The first-order valence-electron chi connectivity index (χ1n) is 6.11. The minimum absolute atomic E-state index is 0.0528. The fourth-order valence-electron chi connectivity index (χ4n) is 1.75. The third kappa shape index (κ3) is 3.10. The first-order chi connectivity index (χ1) is 9.08. The molecule has 0 bridgehead atoms. The van der Waals surface area contributed by atoms with Crippen molar-refractivity contribution < 1.29 is 9.53 Å². The Morgan fingerprint density at radius 3 is 2.16 bits per heavy atom. The maximum Gasteiger partial charge on any atom is 0.159 e. The third-order valence-corrected chi connectivity index (χ3v) is 2.94. The number of benzene rings is 2. The molecule has 0 aromatic heterocycles. The van der Waals surface area contributed by atoms with Gasteiger partial charge in [0.05, 0.1) is 0 Å². The summed E-state index contributed by atoms with van der Waals surface area (Å²) in [5.41, 5.74) is 2.62. The van der Waals surface area contributed by atoms with E-state index >= 15 is 0 Å². The lowest BCUT2D eigenvalue weighted by atomic mass is 10.1. The lowest BCUT2D eigenvalue weighted by Crippen LogP contribution is -1.97. The summed E-state index contributed by atoms with van der Waals surface area (Å²) in [6.45, 7) is 7.47. The number of aryl methyl sites for hydroxylation is 1. The molecule has 0 saturated carbocycles. The van der Waals surface area contributed by atoms with E-state index in [1.165, 1.54) is 0 Å². The molecule has 96 valence electrons. The molecule has 0 heterocycles. The van der Waals surface area contributed by atoms with Crippen LogP contribution in [-0.2, 0) is 0 Å². The molecule has 0 spiro atoms. The summed E-state index contributed by atoms with van der Waals surface area (Å²) in [6.07, 6.45) is 0. The Kier molecular flexibility index (Phi) is 3.81. The van der Waals surface area contributed by atoms with Crippen molar-refractivity contribution in [3.63, 3.8) is 0 Å². The lowest BCUT2D eigenvalue weighted by Gasteiger charge is -2.11. The van der Waals surface area contributed by atoms with E-state index in [0.29, 0.717) is 11.3 Å². The molecular weight excluding hydrogens is 236 g/mol. The van der Waals surface area contributed by atoms with Crippen molar-refractivity contribution in [3.05, 3.63) is 71.8 Å². The molecule has 0 N–H and O–H groups in total. The molecule has 2 heteroatoms. The maximum absolute atomic E-state index is 11.2. The fraction of sp³-hybridized carbons (Fsp3) is 0.118. The summed E-state index contributed by atoms with van der Waals surface area (Å²) >= 11 is 0. The van der Waals surface area contributed by atoms with Gasteiger partial charge in [-0.2, -0.15) is 0 Å². The average molecular weight is 252 g/mol. The number of ether oxygens (including phenoxy) is 1. The molecule has 0 unspecified atom stereocenters. The summed E-state index contributed by atoms with van der Waals surface area (Å²) in [4.78, 5) is 11.2. The number of ketones is 1. The van der Waals surface area contributed by atoms with Crippen LogP contribution in [-0.4, -0.2) is 5.78 Å². The van der Waals surface area contributed by atoms with Crippen molar-refractivity contribution in [3.8, 4) is 5.75 Å². The minimum Gasteiger partial charge on any atom is -0.457 e. The van der Waals surface area contributed by atoms with Crippen LogP contribution in [0.3, 0.4) is 0 Å². The molecule has 0 aliphatic heterocycles. The van der Waals surface area contributed by atoms with Gasteiger partial charge in [-0.05, 0) is 25.5 Å². The van der Waals surface area contributed by atoms with E-state index in [0.717, 1.165) is 16.9 Å². The SMILES string of the molecule is C=C(Oc1ccccc1C)c1ccc(C(C)=O)cc1. The molecule has 0 amide bonds. The number of rotatable bonds is 4. The summed E-state index contributed by atoms with van der Waals surface area (Å²) in [7, 11) is 0. The van der Waals surface area contributed by atoms with Gasteiger partial charge in [0, 0.05) is 11.1 Å². The highest BCUT2D eigenvalue weighted by Gasteiger charge is 2.05. The van der Waals surface area contributed by atoms with E-state index in [4.69, 9.17) is 4.74 Å². The number of carbonyl (C=O) groups is 1. The van der Waals surface area contributed by atoms with Crippen LogP contribution >= 0.6 is 0 Å². The van der Waals surface area contributed by atoms with Crippen LogP contribution < -0.4 is 4.74 Å². The fourth-order valence-corrected chi connectivity index (χ4v) is 1.75. The van der Waals surface area contributed by atoms with Gasteiger partial charge in [0.1, 0.15) is 11.5 Å². The van der Waals surface area contributed by atoms with Gasteiger partial charge in [0.25, 0.3) is 0 Å². The smallest absolute Gasteiger partial charge is 0.159 e. The minimum atomic E-state index is 0.0528. The number of Topliss-reactive ketones (excluding diaryl/α,β-unsaturated/α-hetero) is 1. The van der Waals surface area contributed by atoms with Crippen molar-refractivity contribution in [2.45, 2.75) is 13.8 Å². The highest BCUT2D eigenvalue weighted by molar-refractivity contribution is 5.94. The van der Waals surface area contributed by atoms with Crippen LogP contribution in [0.5, 0.6) is 5.75 Å². The molecular formula is C17H16O2. The number of hydrogen-bond donors (Lipinski definition) is 0. The van der Waals surface area contributed by atoms with Gasteiger partial charge < -0.3 is 4.74 Å². The zero-order chi connectivity index (χ0) is 13.8. The largest absolute Gasteiger partial charge is 0.457 e. The molecule has 2 rings (SSSR count). The standard InChI is InChI=1S/C17H16O2/c1-12-6-4-5-7-17(12)19-14(3)16-10-8-15(9-11-16)13(2)18/h4-11H,3H2,1-2H3. The van der Waals surface area contributed by atoms with E-state index < -0.39 is 0 Å². The van der Waals surface area contributed by atoms with Gasteiger partial charge in [-0.1, -0.05) is 49.0 Å². The van der Waals surface area contributed by atoms with Crippen LogP contribution in [0.25, 0.3) is 5.76 Å². The third-order valence-electron chi connectivity index (χ3n) is 2.94. The average Bonchev–Trinajstić information content (AvgIpc) is 2.41. The maximum atomic E-state index is 11.2. The summed E-state index contributed by atoms with van der Waals surface area (Å²) in [6, 6.07) is 15.0. The molecule has 2 aromatic rings. The molecule has 0 atom stereocenters. The first kappa shape index (κ1) is 13.1. The highest BCUT2D eigenvalue weighted by atomic mass is 16.5. The molecule has 0 aliphatic carbocycles. The van der Waals surface area contributed by atoms with Crippen molar-refractivity contribution in [1.82, 2.24) is 0 Å². The van der Waals surface area contributed by atoms with E-state index in [9.17, 15) is 4.79 Å². The molecule has 0 radical (unpaired) electrons. The molecule has 0 saturated heterocycles. The zero-order valence-corrected chi connectivity index (χ0v) is 11.1. The second kappa shape index (κ2) is 5.53. The van der Waals surface area contributed by atoms with Crippen molar-refractivity contribution in [1.29, 1.82) is 0 Å². The first-order valence-corrected chi connectivity index (χ1v) is 6.11. The van der Waals surface area contributed by atoms with Crippen LogP contribution in [0.15, 0.2) is 55.1 Å². The predicted octanol–water partition coefficient (Wildman–Crippen LogP) is 4.25. The second-order valence-corrected chi connectivity index (χ2v) is 4.42. The number of hydrogen-bond acceptors (Lipinski definition) is 2. The van der Waals surface area contributed by atoms with E-state index in [1.54, 1.807) is 19.1 Å². The van der Waals surface area contributed by atoms with E-state index in [-0.39, 0.29) is 5.78 Å². The van der Waals surface area contributed by atoms with Gasteiger partial charge in [-0.15, -0.1) is 0 Å². The zero-order valence-electron chi connectivity index (χ0n) is 11.1. The Morgan fingerprint density at radius 2 is 1.58 bits per heavy atom. The summed E-state index contributed by atoms with van der Waals surface area (Å²) in [5.74, 6) is 1.42. The van der Waals surface area contributed by atoms with E-state index in [1.807, 2.05) is 43.3 Å². The normalized spacial score (nSPS) is 10.0. The van der Waals surface area contributed by atoms with Crippen molar-refractivity contribution in [2.24, 2.45) is 0 Å². The Balaban J connectivity index is 2.16. The predicted molar refractivity (Wildman–Crippen MR) is 77.3 cm³/mol. The van der Waals surface area contributed by atoms with Crippen LogP contribution in [0, 0.1) is 6.92 Å². The number of carbonyl (C=O) groups excluding carboxylic acids is 1. The molecule has 0 aliphatic rings. The van der Waals surface area contributed by atoms with Crippen molar-refractivity contribution in [2.75, 3.05) is 0 Å². The quantitative estimate of drug-likeness (QED) is 0.600. The van der Waals surface area contributed by atoms with Gasteiger partial charge in [-0.3, -0.25) is 4.79 Å². The molecule has 2 aromatic carbocycles. The summed E-state index contributed by atoms with van der Waals surface area (Å²) in [5, 5.41) is 0. The summed E-state index contributed by atoms with van der Waals surface area (Å²) < 4.78 is 5.75. The van der Waals surface area contributed by atoms with Crippen molar-refractivity contribution >= 4 is 11.5 Å². The Hall–Kier alpha value is -2.35. The van der Waals surface area contributed by atoms with E-state index in [2.05, 4.69) is 6.58 Å². The van der Waals surface area contributed by atoms with Gasteiger partial charge >= 0.3 is 0 Å². The Bertz CT molecular complexity index is 609. The van der Waals surface area contributed by atoms with Crippen LogP contribution in [0.2, 0.25) is 0 Å². The van der Waals surface area contributed by atoms with Gasteiger partial charge in [0.15, 0.2) is 5.78 Å². The highest BCUT2D eigenvalue weighted by Crippen LogP contribution is 2.23. The van der Waals surface area contributed by atoms with Crippen LogP contribution in [0.1, 0.15) is 28.4 Å². The number of para-hydroxylation sites is 1. The van der Waals surface area contributed by atoms with Gasteiger partial charge in [-0.25, -0.2) is 0 Å². The van der Waals surface area contributed by atoms with Crippen LogP contribution in [0.4, 0.5) is 0 Å². The molecule has 2 nitrogen and oxygen atoms in total. The topological polar surface area (TPSA) is 26.3 Å². The van der Waals surface area contributed by atoms with Gasteiger partial charge in [0.2, 0.25) is 0 Å². The second-order valence-electron chi connectivity index (χ2n) is 4.42. The lowest BCUT2D eigenvalue weighted by molar-refractivity contribution is 0.101. The Labute approximate surface area is 113 Å².